The fourth-order valence-corrected chi connectivity index (χ4v) is 2.42. The van der Waals surface area contributed by atoms with Crippen molar-refractivity contribution in [2.45, 2.75) is 19.8 Å². The lowest BCUT2D eigenvalue weighted by molar-refractivity contribution is -0.136. The molecule has 0 aromatic heterocycles. The van der Waals surface area contributed by atoms with Crippen LogP contribution in [0.15, 0.2) is 30.3 Å². The molecule has 2 rings (SSSR count). The van der Waals surface area contributed by atoms with Crippen LogP contribution in [-0.4, -0.2) is 43.4 Å². The molecule has 5 nitrogen and oxygen atoms in total. The third kappa shape index (κ3) is 4.56. The first-order chi connectivity index (χ1) is 9.98. The maximum absolute atomic E-state index is 11.9. The van der Waals surface area contributed by atoms with Crippen LogP contribution < -0.4 is 10.6 Å². The molecule has 1 aliphatic heterocycles. The van der Waals surface area contributed by atoms with E-state index in [-0.39, 0.29) is 5.41 Å². The monoisotopic (exact) mass is 289 g/mol. The van der Waals surface area contributed by atoms with Crippen molar-refractivity contribution in [2.24, 2.45) is 5.41 Å². The molecular weight excluding hydrogens is 266 g/mol. The molecule has 2 amide bonds. The van der Waals surface area contributed by atoms with E-state index in [1.807, 2.05) is 18.2 Å². The van der Waals surface area contributed by atoms with Gasteiger partial charge in [0.15, 0.2) is 0 Å². The predicted molar refractivity (Wildman–Crippen MR) is 82.9 cm³/mol. The number of hydrogen-bond donors (Lipinski definition) is 2. The zero-order chi connectivity index (χ0) is 15.3. The summed E-state index contributed by atoms with van der Waals surface area (Å²) in [6.45, 7) is 4.77. The maximum Gasteiger partial charge on any atom is 0.313 e. The Balaban J connectivity index is 1.80. The summed E-state index contributed by atoms with van der Waals surface area (Å²) in [5.74, 6) is -1.18. The van der Waals surface area contributed by atoms with Crippen molar-refractivity contribution in [1.82, 2.24) is 10.2 Å². The van der Waals surface area contributed by atoms with E-state index in [2.05, 4.69) is 29.5 Å². The predicted octanol–water partition coefficient (Wildman–Crippen LogP) is 1.47. The molecule has 5 heteroatoms. The van der Waals surface area contributed by atoms with Gasteiger partial charge in [-0.25, -0.2) is 0 Å². The molecule has 1 aromatic rings. The highest BCUT2D eigenvalue weighted by atomic mass is 16.2. The molecule has 114 valence electrons. The van der Waals surface area contributed by atoms with E-state index in [9.17, 15) is 9.59 Å². The second-order valence-electron chi connectivity index (χ2n) is 6.12. The second-order valence-corrected chi connectivity index (χ2v) is 6.12. The number of anilines is 1. The second kappa shape index (κ2) is 6.72. The smallest absolute Gasteiger partial charge is 0.313 e. The number of carbonyl (C=O) groups excluding carboxylic acids is 2. The summed E-state index contributed by atoms with van der Waals surface area (Å²) in [5, 5.41) is 5.35. The highest BCUT2D eigenvalue weighted by Crippen LogP contribution is 2.29. The minimum absolute atomic E-state index is 0.0786. The molecule has 21 heavy (non-hydrogen) atoms. The zero-order valence-corrected chi connectivity index (χ0v) is 12.7. The Hall–Kier alpha value is -1.88. The summed E-state index contributed by atoms with van der Waals surface area (Å²) in [5.41, 5.74) is 0.706. The zero-order valence-electron chi connectivity index (χ0n) is 12.7. The maximum atomic E-state index is 11.9. The van der Waals surface area contributed by atoms with Gasteiger partial charge >= 0.3 is 11.8 Å². The number of carbonyl (C=O) groups is 2. The minimum Gasteiger partial charge on any atom is -0.347 e. The molecule has 2 N–H and O–H groups in total. The lowest BCUT2D eigenvalue weighted by Crippen LogP contribution is -2.45. The number of amides is 2. The van der Waals surface area contributed by atoms with Crippen LogP contribution in [-0.2, 0) is 9.59 Å². The van der Waals surface area contributed by atoms with Gasteiger partial charge < -0.3 is 15.5 Å². The van der Waals surface area contributed by atoms with Crippen LogP contribution >= 0.6 is 0 Å². The molecule has 1 heterocycles. The number of hydrogen-bond acceptors (Lipinski definition) is 3. The summed E-state index contributed by atoms with van der Waals surface area (Å²) in [7, 11) is 2.10. The number of nitrogens with one attached hydrogen (secondary N) is 2. The standard InChI is InChI=1S/C16H23N3O2/c1-16(8-10-19(2)11-9-16)12-17-14(20)15(21)18-13-6-4-3-5-7-13/h3-7H,8-12H2,1-2H3,(H,17,20)(H,18,21). The van der Waals surface area contributed by atoms with E-state index in [1.54, 1.807) is 12.1 Å². The Labute approximate surface area is 125 Å². The van der Waals surface area contributed by atoms with E-state index in [1.165, 1.54) is 0 Å². The fourth-order valence-electron chi connectivity index (χ4n) is 2.42. The Morgan fingerprint density at radius 2 is 1.76 bits per heavy atom. The van der Waals surface area contributed by atoms with Gasteiger partial charge in [0.25, 0.3) is 0 Å². The van der Waals surface area contributed by atoms with Crippen molar-refractivity contribution < 1.29 is 9.59 Å². The molecule has 1 fully saturated rings. The highest BCUT2D eigenvalue weighted by molar-refractivity contribution is 6.39. The van der Waals surface area contributed by atoms with Gasteiger partial charge in [-0.1, -0.05) is 25.1 Å². The van der Waals surface area contributed by atoms with Gasteiger partial charge in [0.05, 0.1) is 0 Å². The molecular formula is C16H23N3O2. The minimum atomic E-state index is -0.613. The van der Waals surface area contributed by atoms with Crippen molar-refractivity contribution in [2.75, 3.05) is 32.0 Å². The third-order valence-corrected chi connectivity index (χ3v) is 4.11. The number of benzene rings is 1. The van der Waals surface area contributed by atoms with Crippen LogP contribution in [0, 0.1) is 5.41 Å². The average Bonchev–Trinajstić information content (AvgIpc) is 2.49. The normalized spacial score (nSPS) is 18.0. The topological polar surface area (TPSA) is 61.4 Å². The number of piperidine rings is 1. The first kappa shape index (κ1) is 15.5. The molecule has 0 atom stereocenters. The summed E-state index contributed by atoms with van der Waals surface area (Å²) in [6.07, 6.45) is 2.06. The van der Waals surface area contributed by atoms with E-state index < -0.39 is 11.8 Å². The molecule has 0 unspecified atom stereocenters. The van der Waals surface area contributed by atoms with Crippen LogP contribution in [0.25, 0.3) is 0 Å². The van der Waals surface area contributed by atoms with E-state index in [4.69, 9.17) is 0 Å². The van der Waals surface area contributed by atoms with Gasteiger partial charge in [-0.15, -0.1) is 0 Å². The Morgan fingerprint density at radius 1 is 1.14 bits per heavy atom. The van der Waals surface area contributed by atoms with Gasteiger partial charge in [0.1, 0.15) is 0 Å². The third-order valence-electron chi connectivity index (χ3n) is 4.11. The average molecular weight is 289 g/mol. The number of para-hydroxylation sites is 1. The van der Waals surface area contributed by atoms with Gasteiger partial charge in [0.2, 0.25) is 0 Å². The van der Waals surface area contributed by atoms with Gasteiger partial charge in [-0.3, -0.25) is 9.59 Å². The van der Waals surface area contributed by atoms with Crippen LogP contribution in [0.5, 0.6) is 0 Å². The van der Waals surface area contributed by atoms with Crippen molar-refractivity contribution in [3.05, 3.63) is 30.3 Å². The van der Waals surface area contributed by atoms with Crippen molar-refractivity contribution in [3.63, 3.8) is 0 Å². The first-order valence-corrected chi connectivity index (χ1v) is 7.31. The van der Waals surface area contributed by atoms with Crippen LogP contribution in [0.4, 0.5) is 5.69 Å². The Kier molecular flexibility index (Phi) is 4.96. The highest BCUT2D eigenvalue weighted by Gasteiger charge is 2.29. The van der Waals surface area contributed by atoms with Crippen LogP contribution in [0.1, 0.15) is 19.8 Å². The van der Waals surface area contributed by atoms with Crippen molar-refractivity contribution in [1.29, 1.82) is 0 Å². The molecule has 0 bridgehead atoms. The first-order valence-electron chi connectivity index (χ1n) is 7.31. The van der Waals surface area contributed by atoms with E-state index >= 15 is 0 Å². The molecule has 0 saturated carbocycles. The lowest BCUT2D eigenvalue weighted by atomic mass is 9.80. The van der Waals surface area contributed by atoms with Crippen LogP contribution in [0.3, 0.4) is 0 Å². The molecule has 1 aliphatic rings. The molecule has 0 spiro atoms. The van der Waals surface area contributed by atoms with Gasteiger partial charge in [-0.05, 0) is 50.5 Å². The summed E-state index contributed by atoms with van der Waals surface area (Å²) in [6, 6.07) is 8.99. The lowest BCUT2D eigenvalue weighted by Gasteiger charge is -2.37. The number of nitrogens with zero attached hydrogens (tertiary/aromatic N) is 1. The van der Waals surface area contributed by atoms with Gasteiger partial charge in [-0.2, -0.15) is 0 Å². The fraction of sp³-hybridized carbons (Fsp3) is 0.500. The quantitative estimate of drug-likeness (QED) is 0.828. The molecule has 0 aliphatic carbocycles. The summed E-state index contributed by atoms with van der Waals surface area (Å²) < 4.78 is 0. The van der Waals surface area contributed by atoms with E-state index in [0.29, 0.717) is 12.2 Å². The largest absolute Gasteiger partial charge is 0.347 e. The molecule has 0 radical (unpaired) electrons. The SMILES string of the molecule is CN1CCC(C)(CNC(=O)C(=O)Nc2ccccc2)CC1. The molecule has 1 saturated heterocycles. The summed E-state index contributed by atoms with van der Waals surface area (Å²) >= 11 is 0. The van der Waals surface area contributed by atoms with Crippen molar-refractivity contribution >= 4 is 17.5 Å². The van der Waals surface area contributed by atoms with Gasteiger partial charge in [0, 0.05) is 12.2 Å². The summed E-state index contributed by atoms with van der Waals surface area (Å²) in [4.78, 5) is 26.0. The molecule has 1 aromatic carbocycles. The Bertz CT molecular complexity index is 494. The number of rotatable bonds is 3. The van der Waals surface area contributed by atoms with Crippen molar-refractivity contribution in [3.8, 4) is 0 Å². The van der Waals surface area contributed by atoms with E-state index in [0.717, 1.165) is 25.9 Å². The Morgan fingerprint density at radius 3 is 2.38 bits per heavy atom. The number of likely N-dealkylation sites (tertiary alicyclic amines) is 1. The van der Waals surface area contributed by atoms with Crippen LogP contribution in [0.2, 0.25) is 0 Å².